The first-order chi connectivity index (χ1) is 9.11. The van der Waals surface area contributed by atoms with Crippen LogP contribution in [-0.2, 0) is 18.3 Å². The van der Waals surface area contributed by atoms with Gasteiger partial charge in [0.05, 0.1) is 12.6 Å². The molecule has 2 heterocycles. The summed E-state index contributed by atoms with van der Waals surface area (Å²) >= 11 is 0. The van der Waals surface area contributed by atoms with Crippen LogP contribution in [0.5, 0.6) is 5.75 Å². The fourth-order valence-corrected chi connectivity index (χ4v) is 2.40. The van der Waals surface area contributed by atoms with Crippen molar-refractivity contribution in [2.75, 3.05) is 0 Å². The highest BCUT2D eigenvalue weighted by molar-refractivity contribution is 5.70. The minimum atomic E-state index is -0.584. The first kappa shape index (κ1) is 14.4. The van der Waals surface area contributed by atoms with Crippen LogP contribution in [0.25, 0.3) is 0 Å². The maximum absolute atomic E-state index is 12.2. The molecule has 0 spiro atoms. The molecule has 20 heavy (non-hydrogen) atoms. The van der Waals surface area contributed by atoms with Crippen molar-refractivity contribution in [3.63, 3.8) is 0 Å². The summed E-state index contributed by atoms with van der Waals surface area (Å²) in [6.45, 7) is 7.45. The van der Waals surface area contributed by atoms with Crippen molar-refractivity contribution in [3.8, 4) is 5.75 Å². The third-order valence-electron chi connectivity index (χ3n) is 3.42. The number of nitrogens with zero attached hydrogens (tertiary/aromatic N) is 2. The second-order valence-corrected chi connectivity index (χ2v) is 6.07. The Bertz CT molecular complexity index is 613. The van der Waals surface area contributed by atoms with E-state index < -0.39 is 11.7 Å². The summed E-state index contributed by atoms with van der Waals surface area (Å²) in [4.78, 5) is 25.4. The van der Waals surface area contributed by atoms with Gasteiger partial charge in [0.25, 0.3) is 5.56 Å². The average molecular weight is 280 g/mol. The van der Waals surface area contributed by atoms with Gasteiger partial charge in [0.2, 0.25) is 0 Å². The molecule has 1 N–H and O–H groups in total. The Labute approximate surface area is 117 Å². The molecule has 2 rings (SSSR count). The van der Waals surface area contributed by atoms with Gasteiger partial charge in [-0.2, -0.15) is 0 Å². The fourth-order valence-electron chi connectivity index (χ4n) is 2.40. The number of aromatic nitrogens is 1. The van der Waals surface area contributed by atoms with Gasteiger partial charge in [0.1, 0.15) is 11.4 Å². The summed E-state index contributed by atoms with van der Waals surface area (Å²) in [5.74, 6) is -0.0679. The molecule has 1 unspecified atom stereocenters. The van der Waals surface area contributed by atoms with E-state index in [2.05, 4.69) is 0 Å². The molecule has 0 aromatic carbocycles. The molecule has 1 aliphatic rings. The highest BCUT2D eigenvalue weighted by atomic mass is 16.6. The minimum Gasteiger partial charge on any atom is -0.507 e. The van der Waals surface area contributed by atoms with E-state index in [0.717, 1.165) is 0 Å². The zero-order valence-corrected chi connectivity index (χ0v) is 12.4. The van der Waals surface area contributed by atoms with Gasteiger partial charge in [-0.1, -0.05) is 0 Å². The smallest absolute Gasteiger partial charge is 0.411 e. The molecule has 0 radical (unpaired) electrons. The number of hydrogen-bond acceptors (Lipinski definition) is 4. The van der Waals surface area contributed by atoms with Crippen molar-refractivity contribution < 1.29 is 14.6 Å². The molecule has 1 amide bonds. The standard InChI is InChI=1S/C14H20N2O4/c1-8-12-9(15(5)11(18)6-10(12)17)7-16(8)13(19)20-14(2,3)4/h6,8,17H,7H2,1-5H3. The number of carbonyl (C=O) groups excluding carboxylic acids is 1. The predicted octanol–water partition coefficient (Wildman–Crippen LogP) is 1.90. The summed E-state index contributed by atoms with van der Waals surface area (Å²) in [5, 5.41) is 9.95. The largest absolute Gasteiger partial charge is 0.507 e. The van der Waals surface area contributed by atoms with E-state index in [4.69, 9.17) is 4.74 Å². The summed E-state index contributed by atoms with van der Waals surface area (Å²) in [5.41, 5.74) is 0.380. The lowest BCUT2D eigenvalue weighted by Crippen LogP contribution is -2.35. The van der Waals surface area contributed by atoms with Crippen molar-refractivity contribution >= 4 is 6.09 Å². The summed E-state index contributed by atoms with van der Waals surface area (Å²) in [7, 11) is 1.63. The number of carbonyl (C=O) groups is 1. The molecule has 0 aliphatic carbocycles. The van der Waals surface area contributed by atoms with Crippen LogP contribution in [0.2, 0.25) is 0 Å². The second kappa shape index (κ2) is 4.54. The van der Waals surface area contributed by atoms with Crippen molar-refractivity contribution in [1.29, 1.82) is 0 Å². The lowest BCUT2D eigenvalue weighted by molar-refractivity contribution is 0.0185. The Kier molecular flexibility index (Phi) is 3.28. The van der Waals surface area contributed by atoms with Crippen LogP contribution < -0.4 is 5.56 Å². The van der Waals surface area contributed by atoms with Crippen LogP contribution in [0.15, 0.2) is 10.9 Å². The molecule has 1 aromatic rings. The molecule has 0 saturated heterocycles. The number of aromatic hydroxyl groups is 1. The highest BCUT2D eigenvalue weighted by Crippen LogP contribution is 2.38. The van der Waals surface area contributed by atoms with E-state index in [9.17, 15) is 14.7 Å². The van der Waals surface area contributed by atoms with E-state index in [1.165, 1.54) is 15.5 Å². The SMILES string of the molecule is CC1c2c(O)cc(=O)n(C)c2CN1C(=O)OC(C)(C)C. The number of hydrogen-bond donors (Lipinski definition) is 1. The van der Waals surface area contributed by atoms with Gasteiger partial charge in [-0.15, -0.1) is 0 Å². The Morgan fingerprint density at radius 3 is 2.60 bits per heavy atom. The molecule has 110 valence electrons. The van der Waals surface area contributed by atoms with E-state index >= 15 is 0 Å². The molecule has 6 heteroatoms. The van der Waals surface area contributed by atoms with Gasteiger partial charge in [-0.3, -0.25) is 9.69 Å². The van der Waals surface area contributed by atoms with Crippen LogP contribution in [0.1, 0.15) is 45.0 Å². The minimum absolute atomic E-state index is 0.0679. The van der Waals surface area contributed by atoms with Crippen LogP contribution in [0, 0.1) is 0 Å². The van der Waals surface area contributed by atoms with Crippen molar-refractivity contribution in [3.05, 3.63) is 27.7 Å². The quantitative estimate of drug-likeness (QED) is 0.788. The Morgan fingerprint density at radius 1 is 1.45 bits per heavy atom. The topological polar surface area (TPSA) is 71.8 Å². The Morgan fingerprint density at radius 2 is 2.05 bits per heavy atom. The molecule has 1 aliphatic heterocycles. The summed E-state index contributed by atoms with van der Waals surface area (Å²) < 4.78 is 6.81. The van der Waals surface area contributed by atoms with Gasteiger partial charge >= 0.3 is 6.09 Å². The molecule has 1 aromatic heterocycles. The second-order valence-electron chi connectivity index (χ2n) is 6.07. The van der Waals surface area contributed by atoms with Gasteiger partial charge in [0.15, 0.2) is 0 Å². The molecule has 0 saturated carbocycles. The van der Waals surface area contributed by atoms with E-state index in [-0.39, 0.29) is 23.9 Å². The number of fused-ring (bicyclic) bond motifs is 1. The first-order valence-electron chi connectivity index (χ1n) is 6.53. The van der Waals surface area contributed by atoms with Crippen LogP contribution in [0.4, 0.5) is 4.79 Å². The average Bonchev–Trinajstić information content (AvgIpc) is 2.62. The third-order valence-corrected chi connectivity index (χ3v) is 3.42. The summed E-state index contributed by atoms with van der Waals surface area (Å²) in [6.07, 6.45) is -0.451. The van der Waals surface area contributed by atoms with Gasteiger partial charge in [0, 0.05) is 24.4 Å². The lowest BCUT2D eigenvalue weighted by atomic mass is 10.1. The Hall–Kier alpha value is -1.98. The maximum atomic E-state index is 12.2. The number of pyridine rings is 1. The third kappa shape index (κ3) is 2.37. The van der Waals surface area contributed by atoms with Crippen LogP contribution >= 0.6 is 0 Å². The van der Waals surface area contributed by atoms with Crippen molar-refractivity contribution in [2.45, 2.75) is 45.9 Å². The van der Waals surface area contributed by atoms with Crippen molar-refractivity contribution in [1.82, 2.24) is 9.47 Å². The zero-order valence-electron chi connectivity index (χ0n) is 12.4. The fraction of sp³-hybridized carbons (Fsp3) is 0.571. The van der Waals surface area contributed by atoms with E-state index in [1.807, 2.05) is 0 Å². The lowest BCUT2D eigenvalue weighted by Gasteiger charge is -2.27. The normalized spacial score (nSPS) is 18.1. The number of amides is 1. The highest BCUT2D eigenvalue weighted by Gasteiger charge is 2.36. The van der Waals surface area contributed by atoms with Crippen LogP contribution in [-0.4, -0.2) is 26.3 Å². The predicted molar refractivity (Wildman–Crippen MR) is 73.5 cm³/mol. The monoisotopic (exact) mass is 280 g/mol. The van der Waals surface area contributed by atoms with E-state index in [1.54, 1.807) is 34.7 Å². The molecular formula is C14H20N2O4. The van der Waals surface area contributed by atoms with Crippen molar-refractivity contribution in [2.24, 2.45) is 7.05 Å². The van der Waals surface area contributed by atoms with Crippen LogP contribution in [0.3, 0.4) is 0 Å². The summed E-state index contributed by atoms with van der Waals surface area (Å²) in [6, 6.07) is 0.847. The van der Waals surface area contributed by atoms with Gasteiger partial charge in [-0.25, -0.2) is 4.79 Å². The molecular weight excluding hydrogens is 260 g/mol. The Balaban J connectivity index is 2.37. The van der Waals surface area contributed by atoms with E-state index in [0.29, 0.717) is 11.3 Å². The number of rotatable bonds is 0. The zero-order chi connectivity index (χ0) is 15.2. The maximum Gasteiger partial charge on any atom is 0.411 e. The molecule has 6 nitrogen and oxygen atoms in total. The van der Waals surface area contributed by atoms with Gasteiger partial charge < -0.3 is 14.4 Å². The molecule has 0 fully saturated rings. The molecule has 1 atom stereocenters. The molecule has 0 bridgehead atoms. The van der Waals surface area contributed by atoms with Gasteiger partial charge in [-0.05, 0) is 27.7 Å². The number of ether oxygens (including phenoxy) is 1. The first-order valence-corrected chi connectivity index (χ1v) is 6.53.